The van der Waals surface area contributed by atoms with Gasteiger partial charge in [0, 0.05) is 37.2 Å². The molecule has 2 N–H and O–H groups in total. The third-order valence-electron chi connectivity index (χ3n) is 5.32. The van der Waals surface area contributed by atoms with E-state index in [0.29, 0.717) is 46.6 Å². The van der Waals surface area contributed by atoms with E-state index in [-0.39, 0.29) is 17.6 Å². The zero-order valence-electron chi connectivity index (χ0n) is 18.3. The fraction of sp³-hybridized carbons (Fsp3) is 0.154. The van der Waals surface area contributed by atoms with Crippen LogP contribution in [0.5, 0.6) is 0 Å². The van der Waals surface area contributed by atoms with E-state index in [2.05, 4.69) is 10.6 Å². The van der Waals surface area contributed by atoms with Gasteiger partial charge in [-0.1, -0.05) is 18.2 Å². The van der Waals surface area contributed by atoms with Gasteiger partial charge >= 0.3 is 0 Å². The molecule has 0 spiro atoms. The molecule has 0 fully saturated rings. The maximum absolute atomic E-state index is 13.4. The molecule has 6 nitrogen and oxygen atoms in total. The van der Waals surface area contributed by atoms with Crippen LogP contribution in [0.3, 0.4) is 0 Å². The lowest BCUT2D eigenvalue weighted by atomic mass is 9.99. The molecular formula is C26H23FN2O4. The predicted molar refractivity (Wildman–Crippen MR) is 125 cm³/mol. The molecule has 33 heavy (non-hydrogen) atoms. The monoisotopic (exact) mass is 446 g/mol. The van der Waals surface area contributed by atoms with Crippen LogP contribution in [0.15, 0.2) is 71.1 Å². The third kappa shape index (κ3) is 4.63. The van der Waals surface area contributed by atoms with Gasteiger partial charge in [0.15, 0.2) is 0 Å². The summed E-state index contributed by atoms with van der Waals surface area (Å²) in [5.74, 6) is -0.456. The van der Waals surface area contributed by atoms with Gasteiger partial charge in [-0.25, -0.2) is 4.39 Å². The predicted octanol–water partition coefficient (Wildman–Crippen LogP) is 4.64. The van der Waals surface area contributed by atoms with Gasteiger partial charge in [-0.05, 0) is 59.7 Å². The number of ether oxygens (including phenoxy) is 1. The fourth-order valence-electron chi connectivity index (χ4n) is 3.61. The van der Waals surface area contributed by atoms with Crippen LogP contribution in [0.25, 0.3) is 33.4 Å². The Morgan fingerprint density at radius 3 is 2.24 bits per heavy atom. The summed E-state index contributed by atoms with van der Waals surface area (Å²) in [7, 11) is 3.13. The number of hydrogen-bond donors (Lipinski definition) is 2. The van der Waals surface area contributed by atoms with Crippen LogP contribution in [0.1, 0.15) is 20.7 Å². The van der Waals surface area contributed by atoms with Crippen molar-refractivity contribution in [2.45, 2.75) is 0 Å². The number of nitrogens with one attached hydrogen (secondary N) is 2. The number of benzene rings is 3. The van der Waals surface area contributed by atoms with Crippen molar-refractivity contribution in [2.75, 3.05) is 27.3 Å². The molecule has 0 aliphatic heterocycles. The molecule has 4 aromatic rings. The van der Waals surface area contributed by atoms with Crippen molar-refractivity contribution < 1.29 is 23.1 Å². The van der Waals surface area contributed by atoms with E-state index >= 15 is 0 Å². The first-order valence-corrected chi connectivity index (χ1v) is 10.4. The molecular weight excluding hydrogens is 423 g/mol. The molecule has 0 saturated heterocycles. The lowest BCUT2D eigenvalue weighted by molar-refractivity contribution is 0.0935. The van der Waals surface area contributed by atoms with Gasteiger partial charge in [0.2, 0.25) is 0 Å². The summed E-state index contributed by atoms with van der Waals surface area (Å²) >= 11 is 0. The van der Waals surface area contributed by atoms with E-state index < -0.39 is 0 Å². The van der Waals surface area contributed by atoms with Crippen LogP contribution >= 0.6 is 0 Å². The minimum absolute atomic E-state index is 0.172. The van der Waals surface area contributed by atoms with E-state index in [1.807, 2.05) is 24.3 Å². The van der Waals surface area contributed by atoms with Gasteiger partial charge in [-0.2, -0.15) is 0 Å². The lowest BCUT2D eigenvalue weighted by Crippen LogP contribution is -2.26. The molecule has 0 aliphatic rings. The van der Waals surface area contributed by atoms with Crippen molar-refractivity contribution in [2.24, 2.45) is 0 Å². The first kappa shape index (κ1) is 22.2. The van der Waals surface area contributed by atoms with Crippen molar-refractivity contribution in [1.82, 2.24) is 10.6 Å². The van der Waals surface area contributed by atoms with Crippen LogP contribution in [0.4, 0.5) is 4.39 Å². The summed E-state index contributed by atoms with van der Waals surface area (Å²) in [5.41, 5.74) is 3.84. The fourth-order valence-corrected chi connectivity index (χ4v) is 3.61. The zero-order valence-corrected chi connectivity index (χ0v) is 18.3. The molecule has 4 rings (SSSR count). The van der Waals surface area contributed by atoms with Crippen molar-refractivity contribution in [3.8, 4) is 22.5 Å². The molecule has 1 heterocycles. The zero-order chi connectivity index (χ0) is 23.4. The van der Waals surface area contributed by atoms with Crippen molar-refractivity contribution in [3.63, 3.8) is 0 Å². The quantitative estimate of drug-likeness (QED) is 0.405. The number of halogens is 1. The number of carbonyl (C=O) groups excluding carboxylic acids is 2. The highest BCUT2D eigenvalue weighted by Gasteiger charge is 2.22. The SMILES string of the molecule is CNC(=O)c1c(-c2ccc(F)cc2)oc2ccc(-c3ccc(C(=O)NCCOC)cc3)cc12. The Morgan fingerprint density at radius 2 is 1.58 bits per heavy atom. The summed E-state index contributed by atoms with van der Waals surface area (Å²) in [5, 5.41) is 6.09. The van der Waals surface area contributed by atoms with Crippen molar-refractivity contribution >= 4 is 22.8 Å². The highest BCUT2D eigenvalue weighted by Crippen LogP contribution is 2.36. The molecule has 0 radical (unpaired) electrons. The maximum atomic E-state index is 13.4. The van der Waals surface area contributed by atoms with Gasteiger partial charge in [-0.15, -0.1) is 0 Å². The molecule has 168 valence electrons. The number of fused-ring (bicyclic) bond motifs is 1. The van der Waals surface area contributed by atoms with Gasteiger partial charge in [0.05, 0.1) is 12.2 Å². The summed E-state index contributed by atoms with van der Waals surface area (Å²) in [6.45, 7) is 0.884. The van der Waals surface area contributed by atoms with Crippen LogP contribution < -0.4 is 10.6 Å². The van der Waals surface area contributed by atoms with Gasteiger partial charge in [-0.3, -0.25) is 9.59 Å². The van der Waals surface area contributed by atoms with Crippen molar-refractivity contribution in [3.05, 3.63) is 83.7 Å². The Balaban J connectivity index is 1.71. The summed E-state index contributed by atoms with van der Waals surface area (Å²) in [4.78, 5) is 24.9. The number of methoxy groups -OCH3 is 1. The second-order valence-electron chi connectivity index (χ2n) is 7.43. The molecule has 0 atom stereocenters. The summed E-state index contributed by atoms with van der Waals surface area (Å²) in [6, 6.07) is 18.6. The van der Waals surface area contributed by atoms with Crippen LogP contribution in [0, 0.1) is 5.82 Å². The van der Waals surface area contributed by atoms with Gasteiger partial charge < -0.3 is 19.8 Å². The van der Waals surface area contributed by atoms with Crippen LogP contribution in [-0.2, 0) is 4.74 Å². The lowest BCUT2D eigenvalue weighted by Gasteiger charge is -2.07. The van der Waals surface area contributed by atoms with E-state index in [4.69, 9.17) is 9.15 Å². The van der Waals surface area contributed by atoms with E-state index in [1.165, 1.54) is 12.1 Å². The molecule has 1 aromatic heterocycles. The van der Waals surface area contributed by atoms with Crippen molar-refractivity contribution in [1.29, 1.82) is 0 Å². The Kier molecular flexibility index (Phi) is 6.51. The molecule has 0 unspecified atom stereocenters. The number of rotatable bonds is 7. The third-order valence-corrected chi connectivity index (χ3v) is 5.32. The van der Waals surface area contributed by atoms with E-state index in [9.17, 15) is 14.0 Å². The number of furan rings is 1. The first-order valence-electron chi connectivity index (χ1n) is 10.4. The average Bonchev–Trinajstić information content (AvgIpc) is 3.23. The minimum atomic E-state index is -0.366. The minimum Gasteiger partial charge on any atom is -0.455 e. The second-order valence-corrected chi connectivity index (χ2v) is 7.43. The number of amides is 2. The summed E-state index contributed by atoms with van der Waals surface area (Å²) in [6.07, 6.45) is 0. The summed E-state index contributed by atoms with van der Waals surface area (Å²) < 4.78 is 24.3. The van der Waals surface area contributed by atoms with E-state index in [0.717, 1.165) is 11.1 Å². The van der Waals surface area contributed by atoms with Crippen LogP contribution in [0.2, 0.25) is 0 Å². The van der Waals surface area contributed by atoms with Gasteiger partial charge in [0.1, 0.15) is 17.2 Å². The smallest absolute Gasteiger partial charge is 0.255 e. The molecule has 7 heteroatoms. The Morgan fingerprint density at radius 1 is 0.909 bits per heavy atom. The van der Waals surface area contributed by atoms with Gasteiger partial charge in [0.25, 0.3) is 11.8 Å². The average molecular weight is 446 g/mol. The highest BCUT2D eigenvalue weighted by atomic mass is 19.1. The Labute approximate surface area is 190 Å². The molecule has 0 bridgehead atoms. The Bertz CT molecular complexity index is 1290. The van der Waals surface area contributed by atoms with E-state index in [1.54, 1.807) is 44.5 Å². The maximum Gasteiger partial charge on any atom is 0.255 e. The normalized spacial score (nSPS) is 10.9. The first-order chi connectivity index (χ1) is 16.0. The molecule has 2 amide bonds. The highest BCUT2D eigenvalue weighted by molar-refractivity contribution is 6.11. The number of carbonyl (C=O) groups is 2. The molecule has 3 aromatic carbocycles. The van der Waals surface area contributed by atoms with Crippen LogP contribution in [-0.4, -0.2) is 39.1 Å². The standard InChI is InChI=1S/C26H23FN2O4/c1-28-26(31)23-21-15-19(16-3-5-18(6-4-16)25(30)29-13-14-32-2)9-12-22(21)33-24(23)17-7-10-20(27)11-8-17/h3-12,15H,13-14H2,1-2H3,(H,28,31)(H,29,30). The molecule has 0 aliphatic carbocycles. The largest absolute Gasteiger partial charge is 0.455 e. The topological polar surface area (TPSA) is 80.6 Å². The Hall–Kier alpha value is -3.97. The number of hydrogen-bond acceptors (Lipinski definition) is 4. The molecule has 0 saturated carbocycles. The second kappa shape index (κ2) is 9.67.